The van der Waals surface area contributed by atoms with Crippen LogP contribution < -0.4 is 19.7 Å². The van der Waals surface area contributed by atoms with Gasteiger partial charge in [-0.05, 0) is 36.4 Å². The maximum Gasteiger partial charge on any atom is 0.573 e. The zero-order valence-corrected chi connectivity index (χ0v) is 15.9. The topological polar surface area (TPSA) is 54.0 Å². The number of ether oxygens (including phenoxy) is 2. The summed E-state index contributed by atoms with van der Waals surface area (Å²) < 4.78 is 46.0. The fourth-order valence-electron chi connectivity index (χ4n) is 3.10. The van der Waals surface area contributed by atoms with Gasteiger partial charge in [0.25, 0.3) is 0 Å². The fourth-order valence-corrected chi connectivity index (χ4v) is 3.10. The van der Waals surface area contributed by atoms with E-state index in [2.05, 4.69) is 15.0 Å². The first-order valence-electron chi connectivity index (χ1n) is 9.10. The minimum Gasteiger partial charge on any atom is -0.497 e. The lowest BCUT2D eigenvalue weighted by Gasteiger charge is -2.36. The minimum absolute atomic E-state index is 0.00198. The van der Waals surface area contributed by atoms with Gasteiger partial charge >= 0.3 is 6.36 Å². The molecule has 29 heavy (non-hydrogen) atoms. The molecule has 9 heteroatoms. The van der Waals surface area contributed by atoms with Crippen LogP contribution in [0.1, 0.15) is 0 Å². The predicted molar refractivity (Wildman–Crippen MR) is 103 cm³/mol. The minimum atomic E-state index is -4.75. The standard InChI is InChI=1S/C20H22F3N3O3/c1-28-17-7-5-16(6-8-17)25-9-11-26(12-10-25)19(27)14-24-15-3-2-4-18(13-15)29-20(21,22)23/h2-8,13,24H,9-12,14H2,1H3. The number of piperazine rings is 1. The molecule has 0 unspecified atom stereocenters. The number of hydrogen-bond donors (Lipinski definition) is 1. The van der Waals surface area contributed by atoms with Crippen LogP contribution in [0.4, 0.5) is 24.5 Å². The molecule has 156 valence electrons. The van der Waals surface area contributed by atoms with Crippen molar-refractivity contribution in [3.63, 3.8) is 0 Å². The van der Waals surface area contributed by atoms with E-state index < -0.39 is 6.36 Å². The molecule has 0 aromatic heterocycles. The highest BCUT2D eigenvalue weighted by molar-refractivity contribution is 5.81. The summed E-state index contributed by atoms with van der Waals surface area (Å²) in [4.78, 5) is 16.4. The van der Waals surface area contributed by atoms with Gasteiger partial charge in [0.2, 0.25) is 5.91 Å². The Morgan fingerprint density at radius 3 is 2.34 bits per heavy atom. The first kappa shape index (κ1) is 20.6. The van der Waals surface area contributed by atoms with E-state index >= 15 is 0 Å². The summed E-state index contributed by atoms with van der Waals surface area (Å²) in [5.74, 6) is 0.350. The second-order valence-corrected chi connectivity index (χ2v) is 6.50. The molecule has 0 radical (unpaired) electrons. The van der Waals surface area contributed by atoms with Gasteiger partial charge < -0.3 is 24.6 Å². The van der Waals surface area contributed by atoms with E-state index in [0.29, 0.717) is 31.9 Å². The lowest BCUT2D eigenvalue weighted by atomic mass is 10.2. The van der Waals surface area contributed by atoms with Gasteiger partial charge in [-0.25, -0.2) is 0 Å². The maximum atomic E-state index is 12.4. The number of amides is 1. The molecule has 0 spiro atoms. The number of carbonyl (C=O) groups is 1. The number of halogens is 3. The third-order valence-corrected chi connectivity index (χ3v) is 4.58. The SMILES string of the molecule is COc1ccc(N2CCN(C(=O)CNc3cccc(OC(F)(F)F)c3)CC2)cc1. The molecule has 0 atom stereocenters. The second-order valence-electron chi connectivity index (χ2n) is 6.50. The van der Waals surface area contributed by atoms with Crippen LogP contribution in [-0.4, -0.2) is 57.0 Å². The van der Waals surface area contributed by atoms with Gasteiger partial charge in [-0.2, -0.15) is 0 Å². The molecule has 1 aliphatic heterocycles. The summed E-state index contributed by atoms with van der Waals surface area (Å²) in [7, 11) is 1.62. The van der Waals surface area contributed by atoms with E-state index in [0.717, 1.165) is 11.4 Å². The quantitative estimate of drug-likeness (QED) is 0.793. The van der Waals surface area contributed by atoms with Crippen molar-refractivity contribution < 1.29 is 27.4 Å². The van der Waals surface area contributed by atoms with Gasteiger partial charge in [0.1, 0.15) is 11.5 Å². The molecule has 1 aliphatic rings. The van der Waals surface area contributed by atoms with Crippen molar-refractivity contribution in [1.82, 2.24) is 4.90 Å². The molecule has 0 aliphatic carbocycles. The Labute approximate surface area is 166 Å². The number of carbonyl (C=O) groups excluding carboxylic acids is 1. The lowest BCUT2D eigenvalue weighted by molar-refractivity contribution is -0.274. The van der Waals surface area contributed by atoms with Crippen LogP contribution in [0.3, 0.4) is 0 Å². The van der Waals surface area contributed by atoms with Gasteiger partial charge in [0.05, 0.1) is 13.7 Å². The van der Waals surface area contributed by atoms with Gasteiger partial charge in [0, 0.05) is 43.6 Å². The third-order valence-electron chi connectivity index (χ3n) is 4.58. The Bertz CT molecular complexity index is 820. The molecule has 6 nitrogen and oxygen atoms in total. The third kappa shape index (κ3) is 5.94. The zero-order valence-electron chi connectivity index (χ0n) is 15.9. The molecule has 1 heterocycles. The van der Waals surface area contributed by atoms with E-state index in [1.807, 2.05) is 24.3 Å². The largest absolute Gasteiger partial charge is 0.573 e. The van der Waals surface area contributed by atoms with Crippen LogP contribution in [0.2, 0.25) is 0 Å². The van der Waals surface area contributed by atoms with Crippen molar-refractivity contribution in [1.29, 1.82) is 0 Å². The van der Waals surface area contributed by atoms with E-state index in [4.69, 9.17) is 4.74 Å². The molecular weight excluding hydrogens is 387 g/mol. The Hall–Kier alpha value is -3.10. The monoisotopic (exact) mass is 409 g/mol. The van der Waals surface area contributed by atoms with Gasteiger partial charge in [0.15, 0.2) is 0 Å². The van der Waals surface area contributed by atoms with Gasteiger partial charge in [-0.15, -0.1) is 13.2 Å². The zero-order chi connectivity index (χ0) is 20.9. The van der Waals surface area contributed by atoms with Crippen molar-refractivity contribution in [3.8, 4) is 11.5 Å². The molecule has 0 saturated carbocycles. The highest BCUT2D eigenvalue weighted by atomic mass is 19.4. The molecule has 2 aromatic rings. The van der Waals surface area contributed by atoms with E-state index in [9.17, 15) is 18.0 Å². The molecule has 1 fully saturated rings. The van der Waals surface area contributed by atoms with Crippen LogP contribution in [0.15, 0.2) is 48.5 Å². The highest BCUT2D eigenvalue weighted by Crippen LogP contribution is 2.25. The predicted octanol–water partition coefficient (Wildman–Crippen LogP) is 3.35. The van der Waals surface area contributed by atoms with Crippen LogP contribution in [0.25, 0.3) is 0 Å². The van der Waals surface area contributed by atoms with Crippen LogP contribution in [0.5, 0.6) is 11.5 Å². The summed E-state index contributed by atoms with van der Waals surface area (Å²) in [5, 5.41) is 2.86. The molecule has 2 aromatic carbocycles. The number of nitrogens with one attached hydrogen (secondary N) is 1. The van der Waals surface area contributed by atoms with Crippen molar-refractivity contribution in [3.05, 3.63) is 48.5 Å². The van der Waals surface area contributed by atoms with Crippen LogP contribution in [0, 0.1) is 0 Å². The van der Waals surface area contributed by atoms with Crippen LogP contribution >= 0.6 is 0 Å². The number of nitrogens with zero attached hydrogens (tertiary/aromatic N) is 2. The number of rotatable bonds is 6. The Morgan fingerprint density at radius 1 is 1.03 bits per heavy atom. The molecule has 3 rings (SSSR count). The molecule has 1 amide bonds. The van der Waals surface area contributed by atoms with E-state index in [1.165, 1.54) is 18.2 Å². The van der Waals surface area contributed by atoms with Crippen molar-refractivity contribution in [2.45, 2.75) is 6.36 Å². The Morgan fingerprint density at radius 2 is 1.72 bits per heavy atom. The summed E-state index contributed by atoms with van der Waals surface area (Å²) in [6, 6.07) is 13.2. The first-order valence-corrected chi connectivity index (χ1v) is 9.10. The summed E-state index contributed by atoms with van der Waals surface area (Å²) in [6.45, 7) is 2.55. The number of alkyl halides is 3. The molecule has 1 saturated heterocycles. The van der Waals surface area contributed by atoms with Gasteiger partial charge in [-0.1, -0.05) is 6.07 Å². The smallest absolute Gasteiger partial charge is 0.497 e. The Balaban J connectivity index is 1.48. The summed E-state index contributed by atoms with van der Waals surface area (Å²) in [5.41, 5.74) is 1.45. The summed E-state index contributed by atoms with van der Waals surface area (Å²) >= 11 is 0. The van der Waals surface area contributed by atoms with Crippen molar-refractivity contribution >= 4 is 17.3 Å². The number of benzene rings is 2. The van der Waals surface area contributed by atoms with Gasteiger partial charge in [-0.3, -0.25) is 4.79 Å². The van der Waals surface area contributed by atoms with Crippen LogP contribution in [-0.2, 0) is 4.79 Å². The number of hydrogen-bond acceptors (Lipinski definition) is 5. The van der Waals surface area contributed by atoms with E-state index in [-0.39, 0.29) is 18.2 Å². The second kappa shape index (κ2) is 8.93. The number of methoxy groups -OCH3 is 1. The van der Waals surface area contributed by atoms with E-state index in [1.54, 1.807) is 18.1 Å². The molecule has 0 bridgehead atoms. The average Bonchev–Trinajstić information content (AvgIpc) is 2.71. The maximum absolute atomic E-state index is 12.4. The fraction of sp³-hybridized carbons (Fsp3) is 0.350. The molecular formula is C20H22F3N3O3. The lowest BCUT2D eigenvalue weighted by Crippen LogP contribution is -2.50. The Kier molecular flexibility index (Phi) is 6.36. The van der Waals surface area contributed by atoms with Crippen molar-refractivity contribution in [2.75, 3.05) is 50.1 Å². The normalized spacial score (nSPS) is 14.5. The van der Waals surface area contributed by atoms with Crippen molar-refractivity contribution in [2.24, 2.45) is 0 Å². The number of anilines is 2. The molecule has 1 N–H and O–H groups in total. The average molecular weight is 409 g/mol. The summed E-state index contributed by atoms with van der Waals surface area (Å²) in [6.07, 6.45) is -4.75. The highest BCUT2D eigenvalue weighted by Gasteiger charge is 2.31. The first-order chi connectivity index (χ1) is 13.8.